The van der Waals surface area contributed by atoms with E-state index in [1.54, 1.807) is 12.3 Å². The zero-order chi connectivity index (χ0) is 23.1. The summed E-state index contributed by atoms with van der Waals surface area (Å²) in [5.74, 6) is 1.46. The first-order valence-corrected chi connectivity index (χ1v) is 11.7. The molecular formula is C30H42NO4+. The van der Waals surface area contributed by atoms with Crippen LogP contribution in [0.2, 0.25) is 0 Å². The van der Waals surface area contributed by atoms with Crippen LogP contribution in [0.5, 0.6) is 11.5 Å². The lowest BCUT2D eigenvalue weighted by Crippen LogP contribution is -2.28. The number of pyridine rings is 1. The standard InChI is InChI=1S/C28H34NO4.2CH4/c1-29-19-11-14-25(22-29)28(30)32-21-10-5-3-2-4-9-20-31-26-15-17-27(18-16-26)33-23-24-12-7-6-8-13-24;;/h6-8,11-19,22H,2-5,9-10,20-21,23H2,1H3;2*1H4/q+1;;. The first-order valence-electron chi connectivity index (χ1n) is 11.7. The van der Waals surface area contributed by atoms with Gasteiger partial charge in [0.15, 0.2) is 12.4 Å². The van der Waals surface area contributed by atoms with Gasteiger partial charge in [0.1, 0.15) is 30.7 Å². The fraction of sp³-hybridized carbons (Fsp3) is 0.400. The Bertz CT molecular complexity index is 958. The van der Waals surface area contributed by atoms with Crippen molar-refractivity contribution < 1.29 is 23.6 Å². The molecule has 0 aliphatic rings. The molecule has 0 aliphatic carbocycles. The summed E-state index contributed by atoms with van der Waals surface area (Å²) < 4.78 is 18.8. The van der Waals surface area contributed by atoms with Crippen molar-refractivity contribution in [1.82, 2.24) is 0 Å². The molecule has 0 aliphatic heterocycles. The van der Waals surface area contributed by atoms with Gasteiger partial charge in [-0.05, 0) is 48.7 Å². The smallest absolute Gasteiger partial charge is 0.344 e. The van der Waals surface area contributed by atoms with E-state index in [0.717, 1.165) is 62.2 Å². The van der Waals surface area contributed by atoms with Crippen molar-refractivity contribution in [3.8, 4) is 11.5 Å². The summed E-state index contributed by atoms with van der Waals surface area (Å²) in [5.41, 5.74) is 1.75. The van der Waals surface area contributed by atoms with Crippen molar-refractivity contribution in [2.45, 2.75) is 60.0 Å². The van der Waals surface area contributed by atoms with Crippen molar-refractivity contribution >= 4 is 5.97 Å². The maximum atomic E-state index is 12.0. The molecule has 35 heavy (non-hydrogen) atoms. The second-order valence-corrected chi connectivity index (χ2v) is 8.11. The van der Waals surface area contributed by atoms with Gasteiger partial charge in [0.2, 0.25) is 0 Å². The van der Waals surface area contributed by atoms with Gasteiger partial charge in [-0.15, -0.1) is 0 Å². The van der Waals surface area contributed by atoms with Gasteiger partial charge in [-0.2, -0.15) is 0 Å². The van der Waals surface area contributed by atoms with Crippen molar-refractivity contribution in [2.75, 3.05) is 13.2 Å². The lowest BCUT2D eigenvalue weighted by Gasteiger charge is -2.09. The topological polar surface area (TPSA) is 48.6 Å². The van der Waals surface area contributed by atoms with Crippen LogP contribution in [-0.4, -0.2) is 19.2 Å². The number of benzene rings is 2. The van der Waals surface area contributed by atoms with Crippen LogP contribution >= 0.6 is 0 Å². The first kappa shape index (κ1) is 29.7. The molecule has 2 aromatic carbocycles. The Labute approximate surface area is 211 Å². The van der Waals surface area contributed by atoms with E-state index in [1.165, 1.54) is 0 Å². The van der Waals surface area contributed by atoms with Crippen LogP contribution in [0, 0.1) is 0 Å². The van der Waals surface area contributed by atoms with Crippen LogP contribution in [0.15, 0.2) is 79.1 Å². The van der Waals surface area contributed by atoms with E-state index in [-0.39, 0.29) is 20.8 Å². The van der Waals surface area contributed by atoms with E-state index in [4.69, 9.17) is 14.2 Å². The van der Waals surface area contributed by atoms with Crippen molar-refractivity contribution in [1.29, 1.82) is 0 Å². The molecule has 5 heteroatoms. The van der Waals surface area contributed by atoms with E-state index >= 15 is 0 Å². The summed E-state index contributed by atoms with van der Waals surface area (Å²) in [6.45, 7) is 1.76. The van der Waals surface area contributed by atoms with E-state index < -0.39 is 0 Å². The number of hydrogen-bond donors (Lipinski definition) is 0. The summed E-state index contributed by atoms with van der Waals surface area (Å²) in [4.78, 5) is 12.0. The van der Waals surface area contributed by atoms with Crippen LogP contribution < -0.4 is 14.0 Å². The molecule has 3 aromatic rings. The zero-order valence-electron chi connectivity index (χ0n) is 19.4. The molecule has 0 fully saturated rings. The van der Waals surface area contributed by atoms with Crippen LogP contribution in [0.25, 0.3) is 0 Å². The van der Waals surface area contributed by atoms with Crippen molar-refractivity contribution in [3.05, 3.63) is 90.3 Å². The molecule has 0 unspecified atom stereocenters. The number of carbonyl (C=O) groups is 1. The highest BCUT2D eigenvalue weighted by Crippen LogP contribution is 2.19. The highest BCUT2D eigenvalue weighted by molar-refractivity contribution is 5.88. The van der Waals surface area contributed by atoms with Gasteiger partial charge in [0.05, 0.1) is 13.2 Å². The molecule has 190 valence electrons. The lowest BCUT2D eigenvalue weighted by atomic mass is 10.1. The molecule has 0 bridgehead atoms. The van der Waals surface area contributed by atoms with E-state index in [2.05, 4.69) is 12.1 Å². The molecular weight excluding hydrogens is 438 g/mol. The maximum Gasteiger partial charge on any atom is 0.344 e. The fourth-order valence-electron chi connectivity index (χ4n) is 3.43. The fourth-order valence-corrected chi connectivity index (χ4v) is 3.43. The Balaban J connectivity index is 0.00000306. The first-order chi connectivity index (χ1) is 16.2. The summed E-state index contributed by atoms with van der Waals surface area (Å²) in [5, 5.41) is 0. The highest BCUT2D eigenvalue weighted by Gasteiger charge is 2.09. The van der Waals surface area contributed by atoms with Crippen molar-refractivity contribution in [2.24, 2.45) is 7.05 Å². The van der Waals surface area contributed by atoms with Crippen LogP contribution in [-0.2, 0) is 18.4 Å². The Kier molecular flexibility index (Phi) is 14.5. The molecule has 5 nitrogen and oxygen atoms in total. The zero-order valence-corrected chi connectivity index (χ0v) is 19.4. The second kappa shape index (κ2) is 17.1. The predicted molar refractivity (Wildman–Crippen MR) is 142 cm³/mol. The molecule has 0 N–H and O–H groups in total. The third kappa shape index (κ3) is 11.6. The number of ether oxygens (including phenoxy) is 3. The maximum absolute atomic E-state index is 12.0. The van der Waals surface area contributed by atoms with Gasteiger partial charge < -0.3 is 14.2 Å². The van der Waals surface area contributed by atoms with Crippen molar-refractivity contribution in [3.63, 3.8) is 0 Å². The van der Waals surface area contributed by atoms with E-state index in [9.17, 15) is 4.79 Å². The summed E-state index contributed by atoms with van der Waals surface area (Å²) in [7, 11) is 1.89. The minimum atomic E-state index is -0.251. The summed E-state index contributed by atoms with van der Waals surface area (Å²) in [6, 6.07) is 21.6. The quantitative estimate of drug-likeness (QED) is 0.142. The summed E-state index contributed by atoms with van der Waals surface area (Å²) >= 11 is 0. The summed E-state index contributed by atoms with van der Waals surface area (Å²) in [6.07, 6.45) is 10.1. The molecule has 1 aromatic heterocycles. The SMILES string of the molecule is C.C.C[n+]1cccc(C(=O)OCCCCCCCCOc2ccc(OCc3ccccc3)cc2)c1. The predicted octanol–water partition coefficient (Wildman–Crippen LogP) is 6.94. The molecule has 3 rings (SSSR count). The average Bonchev–Trinajstić information content (AvgIpc) is 2.85. The van der Waals surface area contributed by atoms with Crippen LogP contribution in [0.1, 0.15) is 69.3 Å². The Hall–Kier alpha value is -3.34. The highest BCUT2D eigenvalue weighted by atomic mass is 16.5. The number of rotatable bonds is 14. The van der Waals surface area contributed by atoms with Gasteiger partial charge in [0, 0.05) is 6.07 Å². The van der Waals surface area contributed by atoms with Gasteiger partial charge in [-0.25, -0.2) is 9.36 Å². The third-order valence-corrected chi connectivity index (χ3v) is 5.29. The molecule has 0 spiro atoms. The average molecular weight is 481 g/mol. The Morgan fingerprint density at radius 3 is 1.97 bits per heavy atom. The van der Waals surface area contributed by atoms with Gasteiger partial charge in [0.25, 0.3) is 0 Å². The number of hydrogen-bond acceptors (Lipinski definition) is 4. The molecule has 0 saturated heterocycles. The lowest BCUT2D eigenvalue weighted by molar-refractivity contribution is -0.671. The Morgan fingerprint density at radius 2 is 1.31 bits per heavy atom. The molecule has 0 radical (unpaired) electrons. The normalized spacial score (nSPS) is 9.97. The van der Waals surface area contributed by atoms with Gasteiger partial charge in [-0.3, -0.25) is 0 Å². The van der Waals surface area contributed by atoms with E-state index in [0.29, 0.717) is 18.8 Å². The third-order valence-electron chi connectivity index (χ3n) is 5.29. The number of aryl methyl sites for hydroxylation is 1. The number of aromatic nitrogens is 1. The van der Waals surface area contributed by atoms with E-state index in [1.807, 2.05) is 66.3 Å². The minimum absolute atomic E-state index is 0. The Morgan fingerprint density at radius 1 is 0.714 bits per heavy atom. The number of unbranched alkanes of at least 4 members (excludes halogenated alkanes) is 5. The van der Waals surface area contributed by atoms with Gasteiger partial charge >= 0.3 is 5.97 Å². The molecule has 1 heterocycles. The monoisotopic (exact) mass is 480 g/mol. The largest absolute Gasteiger partial charge is 0.494 e. The minimum Gasteiger partial charge on any atom is -0.494 e. The second-order valence-electron chi connectivity index (χ2n) is 8.11. The molecule has 0 atom stereocenters. The van der Waals surface area contributed by atoms with Crippen LogP contribution in [0.3, 0.4) is 0 Å². The molecule has 0 amide bonds. The van der Waals surface area contributed by atoms with Gasteiger partial charge in [-0.1, -0.05) is 70.9 Å². The van der Waals surface area contributed by atoms with Crippen LogP contribution in [0.4, 0.5) is 0 Å². The number of carbonyl (C=O) groups excluding carboxylic acids is 1. The molecule has 0 saturated carbocycles. The number of esters is 1. The number of nitrogens with zero attached hydrogens (tertiary/aromatic N) is 1.